The third-order valence-corrected chi connectivity index (χ3v) is 4.22. The number of anilines is 1. The Balaban J connectivity index is 1.91. The van der Waals surface area contributed by atoms with Crippen LogP contribution in [0.1, 0.15) is 33.6 Å². The van der Waals surface area contributed by atoms with Crippen LogP contribution in [0, 0.1) is 11.7 Å². The molecular formula is C19H26F4N2O3. The van der Waals surface area contributed by atoms with E-state index in [1.165, 1.54) is 6.07 Å². The molecule has 9 heteroatoms. The van der Waals surface area contributed by atoms with Gasteiger partial charge in [0.1, 0.15) is 5.60 Å². The average molecular weight is 406 g/mol. The zero-order chi connectivity index (χ0) is 20.9. The highest BCUT2D eigenvalue weighted by molar-refractivity contribution is 5.67. The van der Waals surface area contributed by atoms with Crippen LogP contribution in [0.3, 0.4) is 0 Å². The Labute approximate surface area is 162 Å². The van der Waals surface area contributed by atoms with Crippen molar-refractivity contribution in [3.63, 3.8) is 0 Å². The molecule has 1 aliphatic heterocycles. The van der Waals surface area contributed by atoms with E-state index in [-0.39, 0.29) is 11.7 Å². The molecule has 1 aromatic carbocycles. The third-order valence-electron chi connectivity index (χ3n) is 4.22. The highest BCUT2D eigenvalue weighted by Crippen LogP contribution is 2.34. The minimum absolute atomic E-state index is 0.205. The summed E-state index contributed by atoms with van der Waals surface area (Å²) in [5.41, 5.74) is -0.264. The van der Waals surface area contributed by atoms with Crippen LogP contribution in [0.4, 0.5) is 28.0 Å². The Bertz CT molecular complexity index is 666. The van der Waals surface area contributed by atoms with Gasteiger partial charge in [-0.25, -0.2) is 9.18 Å². The third kappa shape index (κ3) is 7.09. The van der Waals surface area contributed by atoms with E-state index in [1.807, 2.05) is 0 Å². The van der Waals surface area contributed by atoms with Crippen molar-refractivity contribution in [3.8, 4) is 5.75 Å². The van der Waals surface area contributed by atoms with Gasteiger partial charge in [-0.2, -0.15) is 13.2 Å². The summed E-state index contributed by atoms with van der Waals surface area (Å²) in [5, 5.41) is 2.73. The molecule has 0 radical (unpaired) electrons. The number of hydrogen-bond acceptors (Lipinski definition) is 4. The van der Waals surface area contributed by atoms with Gasteiger partial charge in [0.05, 0.1) is 5.69 Å². The zero-order valence-electron chi connectivity index (χ0n) is 16.2. The number of alkyl carbamates (subject to hydrolysis) is 1. The van der Waals surface area contributed by atoms with Crippen LogP contribution >= 0.6 is 0 Å². The summed E-state index contributed by atoms with van der Waals surface area (Å²) >= 11 is 0. The number of alkyl halides is 3. The minimum atomic E-state index is -4.54. The number of nitrogens with zero attached hydrogens (tertiary/aromatic N) is 1. The molecule has 1 N–H and O–H groups in total. The van der Waals surface area contributed by atoms with E-state index < -0.39 is 30.3 Å². The average Bonchev–Trinajstić information content (AvgIpc) is 2.57. The number of nitrogens with one attached hydrogen (secondary N) is 1. The SMILES string of the molecule is CC(C)(C)OC(=O)NCC1CCN(c2cccc(F)c2OCC(F)(F)F)CC1. The fraction of sp³-hybridized carbons (Fsp3) is 0.632. The van der Waals surface area contributed by atoms with Crippen molar-refractivity contribution in [2.45, 2.75) is 45.4 Å². The van der Waals surface area contributed by atoms with Gasteiger partial charge < -0.3 is 19.7 Å². The highest BCUT2D eigenvalue weighted by Gasteiger charge is 2.31. The first-order valence-corrected chi connectivity index (χ1v) is 9.14. The van der Waals surface area contributed by atoms with Crippen LogP contribution < -0.4 is 15.0 Å². The molecule has 0 bridgehead atoms. The number of amides is 1. The zero-order valence-corrected chi connectivity index (χ0v) is 16.2. The van der Waals surface area contributed by atoms with Gasteiger partial charge in [-0.15, -0.1) is 0 Å². The monoisotopic (exact) mass is 406 g/mol. The topological polar surface area (TPSA) is 50.8 Å². The molecular weight excluding hydrogens is 380 g/mol. The quantitative estimate of drug-likeness (QED) is 0.732. The summed E-state index contributed by atoms with van der Waals surface area (Å²) in [6, 6.07) is 4.07. The van der Waals surface area contributed by atoms with E-state index in [2.05, 4.69) is 5.32 Å². The van der Waals surface area contributed by atoms with Crippen molar-refractivity contribution in [2.24, 2.45) is 5.92 Å². The Morgan fingerprint density at radius 2 is 1.86 bits per heavy atom. The highest BCUT2D eigenvalue weighted by atomic mass is 19.4. The lowest BCUT2D eigenvalue weighted by Gasteiger charge is -2.34. The first-order valence-electron chi connectivity index (χ1n) is 9.14. The Hall–Kier alpha value is -2.19. The molecule has 2 rings (SSSR count). The van der Waals surface area contributed by atoms with Crippen LogP contribution in [0.25, 0.3) is 0 Å². The summed E-state index contributed by atoms with van der Waals surface area (Å²) < 4.78 is 61.3. The first-order chi connectivity index (χ1) is 12.9. The van der Waals surface area contributed by atoms with Gasteiger partial charge in [-0.1, -0.05) is 6.07 Å². The van der Waals surface area contributed by atoms with Gasteiger partial charge >= 0.3 is 12.3 Å². The smallest absolute Gasteiger partial charge is 0.422 e. The summed E-state index contributed by atoms with van der Waals surface area (Å²) in [6.07, 6.45) is -3.63. The van der Waals surface area contributed by atoms with E-state index in [0.717, 1.165) is 6.07 Å². The second-order valence-corrected chi connectivity index (χ2v) is 7.81. The fourth-order valence-electron chi connectivity index (χ4n) is 2.96. The molecule has 0 saturated carbocycles. The number of rotatable bonds is 5. The Kier molecular flexibility index (Phi) is 7.01. The van der Waals surface area contributed by atoms with E-state index in [4.69, 9.17) is 9.47 Å². The van der Waals surface area contributed by atoms with Crippen LogP contribution in [0.5, 0.6) is 5.75 Å². The lowest BCUT2D eigenvalue weighted by Crippen LogP contribution is -2.40. The van der Waals surface area contributed by atoms with Crippen LogP contribution in [-0.4, -0.2) is 44.1 Å². The van der Waals surface area contributed by atoms with Gasteiger partial charge in [0.2, 0.25) is 0 Å². The van der Waals surface area contributed by atoms with Crippen molar-refractivity contribution in [1.82, 2.24) is 5.32 Å². The molecule has 1 amide bonds. The molecule has 1 aromatic rings. The number of hydrogen-bond donors (Lipinski definition) is 1. The van der Waals surface area contributed by atoms with Crippen LogP contribution in [0.2, 0.25) is 0 Å². The largest absolute Gasteiger partial charge is 0.479 e. The number of carbonyl (C=O) groups excluding carboxylic acids is 1. The van der Waals surface area contributed by atoms with Crippen molar-refractivity contribution in [2.75, 3.05) is 31.1 Å². The summed E-state index contributed by atoms with van der Waals surface area (Å²) in [4.78, 5) is 13.5. The fourth-order valence-corrected chi connectivity index (χ4v) is 2.96. The lowest BCUT2D eigenvalue weighted by atomic mass is 9.96. The molecule has 0 atom stereocenters. The second-order valence-electron chi connectivity index (χ2n) is 7.81. The van der Waals surface area contributed by atoms with Crippen molar-refractivity contribution in [1.29, 1.82) is 0 Å². The number of para-hydroxylation sites is 1. The second kappa shape index (κ2) is 8.87. The normalized spacial score (nSPS) is 16.0. The standard InChI is InChI=1S/C19H26F4N2O3/c1-18(2,3)28-17(26)24-11-13-7-9-25(10-8-13)15-6-4-5-14(20)16(15)27-12-19(21,22)23/h4-6,13H,7-12H2,1-3H3,(H,24,26). The van der Waals surface area contributed by atoms with Gasteiger partial charge in [-0.05, 0) is 51.7 Å². The molecule has 1 fully saturated rings. The van der Waals surface area contributed by atoms with E-state index in [0.29, 0.717) is 38.2 Å². The molecule has 1 heterocycles. The maximum absolute atomic E-state index is 14.0. The molecule has 0 unspecified atom stereocenters. The van der Waals surface area contributed by atoms with Crippen molar-refractivity contribution < 1.29 is 31.8 Å². The van der Waals surface area contributed by atoms with Gasteiger partial charge in [0.25, 0.3) is 0 Å². The summed E-state index contributed by atoms with van der Waals surface area (Å²) in [6.45, 7) is 5.28. The maximum atomic E-state index is 14.0. The Morgan fingerprint density at radius 3 is 2.43 bits per heavy atom. The number of benzene rings is 1. The summed E-state index contributed by atoms with van der Waals surface area (Å²) in [5.74, 6) is -1.00. The van der Waals surface area contributed by atoms with Crippen LogP contribution in [0.15, 0.2) is 18.2 Å². The van der Waals surface area contributed by atoms with Crippen molar-refractivity contribution >= 4 is 11.8 Å². The van der Waals surface area contributed by atoms with E-state index in [9.17, 15) is 22.4 Å². The van der Waals surface area contributed by atoms with Crippen molar-refractivity contribution in [3.05, 3.63) is 24.0 Å². The summed E-state index contributed by atoms with van der Waals surface area (Å²) in [7, 11) is 0. The number of carbonyl (C=O) groups is 1. The van der Waals surface area contributed by atoms with Gasteiger partial charge in [0, 0.05) is 19.6 Å². The molecule has 158 valence electrons. The predicted octanol–water partition coefficient (Wildman–Crippen LogP) is 4.51. The molecule has 28 heavy (non-hydrogen) atoms. The molecule has 0 spiro atoms. The first kappa shape index (κ1) is 22.1. The van der Waals surface area contributed by atoms with Gasteiger partial charge in [0.15, 0.2) is 18.2 Å². The molecule has 1 aliphatic rings. The maximum Gasteiger partial charge on any atom is 0.422 e. The van der Waals surface area contributed by atoms with Crippen LogP contribution in [-0.2, 0) is 4.74 Å². The molecule has 5 nitrogen and oxygen atoms in total. The number of halogens is 4. The molecule has 0 aromatic heterocycles. The molecule has 1 saturated heterocycles. The number of piperidine rings is 1. The predicted molar refractivity (Wildman–Crippen MR) is 97.1 cm³/mol. The van der Waals surface area contributed by atoms with E-state index >= 15 is 0 Å². The van der Waals surface area contributed by atoms with Gasteiger partial charge in [-0.3, -0.25) is 0 Å². The number of ether oxygens (including phenoxy) is 2. The Morgan fingerprint density at radius 1 is 1.21 bits per heavy atom. The molecule has 0 aliphatic carbocycles. The lowest BCUT2D eigenvalue weighted by molar-refractivity contribution is -0.153. The van der Waals surface area contributed by atoms with E-state index in [1.54, 1.807) is 31.7 Å². The minimum Gasteiger partial charge on any atom is -0.479 e.